The summed E-state index contributed by atoms with van der Waals surface area (Å²) in [5, 5.41) is 0. The van der Waals surface area contributed by atoms with E-state index < -0.39 is 0 Å². The lowest BCUT2D eigenvalue weighted by Gasteiger charge is -2.14. The summed E-state index contributed by atoms with van der Waals surface area (Å²) in [6, 6.07) is 0.481. The van der Waals surface area contributed by atoms with Gasteiger partial charge < -0.3 is 15.2 Å². The molecule has 0 amide bonds. The number of ether oxygens (including phenoxy) is 2. The third-order valence-electron chi connectivity index (χ3n) is 3.04. The molecular formula is C14H26N4O2. The van der Waals surface area contributed by atoms with Crippen molar-refractivity contribution in [3.05, 3.63) is 0 Å². The van der Waals surface area contributed by atoms with Gasteiger partial charge >= 0.3 is 12.0 Å². The van der Waals surface area contributed by atoms with E-state index in [9.17, 15) is 0 Å². The smallest absolute Gasteiger partial charge is 0.324 e. The molecule has 0 radical (unpaired) electrons. The van der Waals surface area contributed by atoms with Crippen LogP contribution >= 0.6 is 0 Å². The first-order valence-corrected chi connectivity index (χ1v) is 7.46. The summed E-state index contributed by atoms with van der Waals surface area (Å²) in [6.45, 7) is 7.53. The highest BCUT2D eigenvalue weighted by Crippen LogP contribution is 2.16. The average Bonchev–Trinajstić information content (AvgIpc) is 2.45. The van der Waals surface area contributed by atoms with Gasteiger partial charge in [0.1, 0.15) is 0 Å². The Bertz CT molecular complexity index is 387. The fourth-order valence-electron chi connectivity index (χ4n) is 1.77. The molecule has 1 aromatic rings. The van der Waals surface area contributed by atoms with E-state index in [1.165, 1.54) is 12.8 Å². The number of aromatic nitrogens is 3. The first kappa shape index (κ1) is 16.5. The van der Waals surface area contributed by atoms with E-state index in [4.69, 9.17) is 15.2 Å². The van der Waals surface area contributed by atoms with Gasteiger partial charge in [0.05, 0.1) is 13.2 Å². The summed E-state index contributed by atoms with van der Waals surface area (Å²) in [6.07, 6.45) is 5.54. The molecule has 6 nitrogen and oxygen atoms in total. The Hall–Kier alpha value is -1.59. The third-order valence-corrected chi connectivity index (χ3v) is 3.04. The van der Waals surface area contributed by atoms with Crippen molar-refractivity contribution in [2.24, 2.45) is 5.92 Å². The van der Waals surface area contributed by atoms with E-state index in [2.05, 4.69) is 28.8 Å². The van der Waals surface area contributed by atoms with Crippen molar-refractivity contribution in [1.29, 1.82) is 0 Å². The van der Waals surface area contributed by atoms with Crippen LogP contribution in [0.1, 0.15) is 52.9 Å². The minimum atomic E-state index is 0.128. The molecule has 0 saturated heterocycles. The lowest BCUT2D eigenvalue weighted by molar-refractivity contribution is 0.211. The highest BCUT2D eigenvalue weighted by Gasteiger charge is 2.10. The van der Waals surface area contributed by atoms with Crippen LogP contribution in [0.25, 0.3) is 0 Å². The lowest BCUT2D eigenvalue weighted by Crippen LogP contribution is -2.14. The van der Waals surface area contributed by atoms with Crippen LogP contribution in [0, 0.1) is 5.92 Å². The lowest BCUT2D eigenvalue weighted by atomic mass is 10.0. The van der Waals surface area contributed by atoms with Crippen LogP contribution in [0.5, 0.6) is 12.0 Å². The van der Waals surface area contributed by atoms with Crippen molar-refractivity contribution in [1.82, 2.24) is 15.0 Å². The number of nitrogen functional groups attached to an aromatic ring is 1. The minimum Gasteiger partial charge on any atom is -0.463 e. The van der Waals surface area contributed by atoms with Gasteiger partial charge in [-0.05, 0) is 18.8 Å². The molecule has 0 fully saturated rings. The van der Waals surface area contributed by atoms with Gasteiger partial charge in [-0.15, -0.1) is 4.98 Å². The number of anilines is 1. The molecule has 1 aromatic heterocycles. The molecule has 0 bridgehead atoms. The molecule has 0 aliphatic carbocycles. The molecular weight excluding hydrogens is 256 g/mol. The Morgan fingerprint density at radius 2 is 1.70 bits per heavy atom. The number of nitrogens with zero attached hydrogens (tertiary/aromatic N) is 3. The predicted molar refractivity (Wildman–Crippen MR) is 78.8 cm³/mol. The summed E-state index contributed by atoms with van der Waals surface area (Å²) in [5.41, 5.74) is 5.63. The van der Waals surface area contributed by atoms with Crippen molar-refractivity contribution >= 4 is 5.95 Å². The summed E-state index contributed by atoms with van der Waals surface area (Å²) in [7, 11) is 0. The van der Waals surface area contributed by atoms with Crippen LogP contribution < -0.4 is 15.2 Å². The SMILES string of the molecule is CCCCC(CC)COc1nc(N)nc(OCCC)n1. The molecule has 0 aromatic carbocycles. The van der Waals surface area contributed by atoms with Gasteiger partial charge in [-0.2, -0.15) is 9.97 Å². The van der Waals surface area contributed by atoms with Crippen molar-refractivity contribution in [3.8, 4) is 12.0 Å². The molecule has 1 rings (SSSR count). The Morgan fingerprint density at radius 3 is 2.30 bits per heavy atom. The van der Waals surface area contributed by atoms with Gasteiger partial charge in [-0.25, -0.2) is 0 Å². The van der Waals surface area contributed by atoms with E-state index in [-0.39, 0.29) is 18.0 Å². The summed E-state index contributed by atoms with van der Waals surface area (Å²) < 4.78 is 11.0. The number of nitrogens with two attached hydrogens (primary N) is 1. The second kappa shape index (κ2) is 9.34. The van der Waals surface area contributed by atoms with Crippen molar-refractivity contribution in [2.45, 2.75) is 52.9 Å². The van der Waals surface area contributed by atoms with Gasteiger partial charge in [-0.3, -0.25) is 0 Å². The molecule has 0 aliphatic heterocycles. The van der Waals surface area contributed by atoms with Crippen LogP contribution in [0.4, 0.5) is 5.95 Å². The first-order chi connectivity index (χ1) is 9.69. The molecule has 0 spiro atoms. The Labute approximate surface area is 121 Å². The van der Waals surface area contributed by atoms with Gasteiger partial charge in [0.2, 0.25) is 5.95 Å². The first-order valence-electron chi connectivity index (χ1n) is 7.46. The summed E-state index contributed by atoms with van der Waals surface area (Å²) in [4.78, 5) is 12.0. The maximum atomic E-state index is 5.64. The van der Waals surface area contributed by atoms with Gasteiger partial charge in [0.25, 0.3) is 0 Å². The molecule has 0 saturated carbocycles. The zero-order valence-corrected chi connectivity index (χ0v) is 12.8. The quantitative estimate of drug-likeness (QED) is 0.710. The summed E-state index contributed by atoms with van der Waals surface area (Å²) in [5.74, 6) is 0.649. The van der Waals surface area contributed by atoms with E-state index in [0.717, 1.165) is 19.3 Å². The van der Waals surface area contributed by atoms with Crippen LogP contribution in [0.15, 0.2) is 0 Å². The Morgan fingerprint density at radius 1 is 1.00 bits per heavy atom. The molecule has 1 heterocycles. The number of hydrogen-bond donors (Lipinski definition) is 1. The molecule has 0 aliphatic rings. The highest BCUT2D eigenvalue weighted by molar-refractivity contribution is 5.20. The average molecular weight is 282 g/mol. The molecule has 114 valence electrons. The van der Waals surface area contributed by atoms with Crippen LogP contribution in [0.2, 0.25) is 0 Å². The predicted octanol–water partition coefficient (Wildman–Crippen LogP) is 2.84. The highest BCUT2D eigenvalue weighted by atomic mass is 16.5. The van der Waals surface area contributed by atoms with E-state index in [1.54, 1.807) is 0 Å². The van der Waals surface area contributed by atoms with Crippen LogP contribution in [-0.4, -0.2) is 28.2 Å². The second-order valence-electron chi connectivity index (χ2n) is 4.83. The number of unbranched alkanes of at least 4 members (excludes halogenated alkanes) is 1. The zero-order chi connectivity index (χ0) is 14.8. The molecule has 2 N–H and O–H groups in total. The monoisotopic (exact) mass is 282 g/mol. The molecule has 20 heavy (non-hydrogen) atoms. The van der Waals surface area contributed by atoms with E-state index in [0.29, 0.717) is 19.1 Å². The maximum absolute atomic E-state index is 5.64. The fourth-order valence-corrected chi connectivity index (χ4v) is 1.77. The van der Waals surface area contributed by atoms with E-state index >= 15 is 0 Å². The topological polar surface area (TPSA) is 83.2 Å². The largest absolute Gasteiger partial charge is 0.463 e. The summed E-state index contributed by atoms with van der Waals surface area (Å²) >= 11 is 0. The Balaban J connectivity index is 2.55. The van der Waals surface area contributed by atoms with Crippen LogP contribution in [0.3, 0.4) is 0 Å². The van der Waals surface area contributed by atoms with Crippen molar-refractivity contribution in [2.75, 3.05) is 18.9 Å². The standard InChI is InChI=1S/C14H26N4O2/c1-4-7-8-11(6-3)10-20-14-17-12(15)16-13(18-14)19-9-5-2/h11H,4-10H2,1-3H3,(H2,15,16,17,18). The van der Waals surface area contributed by atoms with Gasteiger partial charge in [0, 0.05) is 0 Å². The Kier molecular flexibility index (Phi) is 7.69. The van der Waals surface area contributed by atoms with Crippen molar-refractivity contribution < 1.29 is 9.47 Å². The second-order valence-corrected chi connectivity index (χ2v) is 4.83. The number of hydrogen-bond acceptors (Lipinski definition) is 6. The van der Waals surface area contributed by atoms with Crippen molar-refractivity contribution in [3.63, 3.8) is 0 Å². The third kappa shape index (κ3) is 6.04. The van der Waals surface area contributed by atoms with Crippen LogP contribution in [-0.2, 0) is 0 Å². The van der Waals surface area contributed by atoms with Gasteiger partial charge in [0.15, 0.2) is 0 Å². The minimum absolute atomic E-state index is 0.128. The molecule has 6 heteroatoms. The zero-order valence-electron chi connectivity index (χ0n) is 12.8. The normalized spacial score (nSPS) is 12.2. The van der Waals surface area contributed by atoms with E-state index in [1.807, 2.05) is 6.92 Å². The number of rotatable bonds is 10. The molecule has 1 atom stereocenters. The fraction of sp³-hybridized carbons (Fsp3) is 0.786. The van der Waals surface area contributed by atoms with Gasteiger partial charge in [-0.1, -0.05) is 40.0 Å². The molecule has 1 unspecified atom stereocenters. The maximum Gasteiger partial charge on any atom is 0.324 e.